The van der Waals surface area contributed by atoms with Crippen molar-refractivity contribution < 1.29 is 0 Å². The molecule has 0 saturated carbocycles. The molecule has 8 aromatic rings. The number of nitrogens with one attached hydrogen (secondary N) is 2. The van der Waals surface area contributed by atoms with Crippen LogP contribution in [0.25, 0.3) is 55.1 Å². The van der Waals surface area contributed by atoms with Crippen LogP contribution in [-0.2, 0) is 0 Å². The van der Waals surface area contributed by atoms with Gasteiger partial charge in [0, 0.05) is 44.6 Å². The monoisotopic (exact) mass is 646 g/mol. The lowest BCUT2D eigenvalue weighted by molar-refractivity contribution is 0.408. The van der Waals surface area contributed by atoms with Crippen LogP contribution in [0.2, 0.25) is 0 Å². The first kappa shape index (κ1) is 28.7. The number of allylic oxidation sites excluding steroid dienone is 2. The van der Waals surface area contributed by atoms with Gasteiger partial charge >= 0.3 is 0 Å². The second-order valence-electron chi connectivity index (χ2n) is 13.1. The molecule has 240 valence electrons. The Morgan fingerprint density at radius 3 is 1.96 bits per heavy atom. The van der Waals surface area contributed by atoms with Crippen molar-refractivity contribution in [2.24, 2.45) is 4.99 Å². The predicted molar refractivity (Wildman–Crippen MR) is 205 cm³/mol. The van der Waals surface area contributed by atoms with E-state index in [2.05, 4.69) is 165 Å². The summed E-state index contributed by atoms with van der Waals surface area (Å²) >= 11 is 0. The summed E-state index contributed by atoms with van der Waals surface area (Å²) in [5.41, 5.74) is 9.09. The molecule has 3 aromatic heterocycles. The van der Waals surface area contributed by atoms with Gasteiger partial charge in [-0.3, -0.25) is 9.88 Å². The Bertz CT molecular complexity index is 2640. The number of aromatic nitrogens is 3. The molecule has 0 amide bonds. The first-order chi connectivity index (χ1) is 24.8. The van der Waals surface area contributed by atoms with Crippen LogP contribution in [0.1, 0.15) is 36.3 Å². The lowest BCUT2D eigenvalue weighted by atomic mass is 10.0. The van der Waals surface area contributed by atoms with Gasteiger partial charge in [0.05, 0.1) is 22.1 Å². The number of nitrogens with zero attached hydrogens (tertiary/aromatic N) is 4. The highest BCUT2D eigenvalue weighted by Gasteiger charge is 2.26. The Labute approximate surface area is 289 Å². The quantitative estimate of drug-likeness (QED) is 0.196. The smallest absolute Gasteiger partial charge is 0.137 e. The van der Waals surface area contributed by atoms with Crippen molar-refractivity contribution in [1.82, 2.24) is 24.8 Å². The molecule has 10 rings (SSSR count). The summed E-state index contributed by atoms with van der Waals surface area (Å²) in [4.78, 5) is 10.2. The van der Waals surface area contributed by atoms with Crippen molar-refractivity contribution in [1.29, 1.82) is 0 Å². The van der Waals surface area contributed by atoms with E-state index in [1.165, 1.54) is 32.6 Å². The summed E-state index contributed by atoms with van der Waals surface area (Å²) in [7, 11) is 0. The van der Waals surface area contributed by atoms with Crippen molar-refractivity contribution in [3.05, 3.63) is 175 Å². The number of hydrogen-bond acceptors (Lipinski definition) is 4. The fourth-order valence-corrected chi connectivity index (χ4v) is 7.71. The van der Waals surface area contributed by atoms with Crippen LogP contribution in [0.3, 0.4) is 0 Å². The Morgan fingerprint density at radius 1 is 0.580 bits per heavy atom. The van der Waals surface area contributed by atoms with Gasteiger partial charge in [0.2, 0.25) is 0 Å². The second-order valence-corrected chi connectivity index (χ2v) is 13.1. The zero-order valence-electron chi connectivity index (χ0n) is 27.4. The van der Waals surface area contributed by atoms with E-state index in [0.717, 1.165) is 57.9 Å². The van der Waals surface area contributed by atoms with Crippen LogP contribution in [0.15, 0.2) is 168 Å². The SMILES string of the molecule is C1=CC(C2=NC(c3ccccc3)NC(c3ccc(-n4c5ccccc5c5cc6c7ccccc7n(-c7ccccc7)c6cc54)nc3)N2)=CCC1. The Kier molecular flexibility index (Phi) is 6.74. The first-order valence-corrected chi connectivity index (χ1v) is 17.3. The minimum absolute atomic E-state index is 0.162. The van der Waals surface area contributed by atoms with Gasteiger partial charge < -0.3 is 9.88 Å². The molecular weight excluding hydrogens is 613 g/mol. The second kappa shape index (κ2) is 11.7. The Hall–Kier alpha value is -6.24. The average molecular weight is 647 g/mol. The highest BCUT2D eigenvalue weighted by molar-refractivity contribution is 6.19. The molecule has 1 aliphatic carbocycles. The summed E-state index contributed by atoms with van der Waals surface area (Å²) in [6.45, 7) is 0. The molecule has 2 aliphatic rings. The summed E-state index contributed by atoms with van der Waals surface area (Å²) < 4.78 is 4.68. The first-order valence-electron chi connectivity index (χ1n) is 17.3. The van der Waals surface area contributed by atoms with E-state index in [4.69, 9.17) is 9.98 Å². The van der Waals surface area contributed by atoms with Gasteiger partial charge in [-0.1, -0.05) is 109 Å². The van der Waals surface area contributed by atoms with Crippen molar-refractivity contribution in [2.75, 3.05) is 0 Å². The summed E-state index contributed by atoms with van der Waals surface area (Å²) in [5, 5.41) is 12.3. The van der Waals surface area contributed by atoms with E-state index < -0.39 is 0 Å². The number of pyridine rings is 1. The molecule has 2 N–H and O–H groups in total. The van der Waals surface area contributed by atoms with Crippen LogP contribution < -0.4 is 10.6 Å². The Morgan fingerprint density at radius 2 is 1.26 bits per heavy atom. The maximum atomic E-state index is 5.14. The number of amidine groups is 1. The van der Waals surface area contributed by atoms with E-state index in [9.17, 15) is 0 Å². The third kappa shape index (κ3) is 4.68. The lowest BCUT2D eigenvalue weighted by Gasteiger charge is -2.32. The molecule has 5 aromatic carbocycles. The van der Waals surface area contributed by atoms with Crippen LogP contribution >= 0.6 is 0 Å². The molecular formula is C44H34N6. The van der Waals surface area contributed by atoms with Gasteiger partial charge in [0.15, 0.2) is 0 Å². The molecule has 4 heterocycles. The summed E-state index contributed by atoms with van der Waals surface area (Å²) in [6, 6.07) is 47.5. The van der Waals surface area contributed by atoms with E-state index in [-0.39, 0.29) is 12.3 Å². The number of aliphatic imine (C=N–C) groups is 1. The maximum Gasteiger partial charge on any atom is 0.137 e. The molecule has 0 saturated heterocycles. The average Bonchev–Trinajstić information content (AvgIpc) is 3.70. The van der Waals surface area contributed by atoms with Crippen LogP contribution in [0, 0.1) is 0 Å². The molecule has 1 aliphatic heterocycles. The van der Waals surface area contributed by atoms with Gasteiger partial charge in [-0.25, -0.2) is 9.98 Å². The van der Waals surface area contributed by atoms with Crippen molar-refractivity contribution in [3.8, 4) is 11.5 Å². The summed E-state index contributed by atoms with van der Waals surface area (Å²) in [5.74, 6) is 1.78. The standard InChI is InChI=1S/C44H34N6/c1-4-14-29(15-5-1)42-46-43(30-16-6-2-7-17-30)48-44(47-42)31-24-25-41(45-28-31)50-38-23-13-11-21-34(38)36-26-35-33-20-10-12-22-37(33)49(39(35)27-40(36)50)32-18-8-3-9-19-32/h1,3-6,8-28,42,44,47H,2,7H2,(H,46,48). The minimum Gasteiger partial charge on any atom is -0.350 e. The molecule has 0 spiro atoms. The fourth-order valence-electron chi connectivity index (χ4n) is 7.71. The van der Waals surface area contributed by atoms with Crippen molar-refractivity contribution in [2.45, 2.75) is 25.2 Å². The zero-order valence-corrected chi connectivity index (χ0v) is 27.4. The molecule has 50 heavy (non-hydrogen) atoms. The van der Waals surface area contributed by atoms with E-state index in [1.807, 2.05) is 12.3 Å². The van der Waals surface area contributed by atoms with Crippen molar-refractivity contribution >= 4 is 49.4 Å². The normalized spacial score (nSPS) is 17.7. The van der Waals surface area contributed by atoms with Crippen molar-refractivity contribution in [3.63, 3.8) is 0 Å². The van der Waals surface area contributed by atoms with Crippen LogP contribution in [0.5, 0.6) is 0 Å². The van der Waals surface area contributed by atoms with Crippen LogP contribution in [-0.4, -0.2) is 20.0 Å². The van der Waals surface area contributed by atoms with E-state index in [1.54, 1.807) is 0 Å². The highest BCUT2D eigenvalue weighted by Crippen LogP contribution is 2.39. The largest absolute Gasteiger partial charge is 0.350 e. The topological polar surface area (TPSA) is 59.2 Å². The number of para-hydroxylation sites is 3. The number of hydrogen-bond donors (Lipinski definition) is 2. The van der Waals surface area contributed by atoms with Gasteiger partial charge in [0.25, 0.3) is 0 Å². The van der Waals surface area contributed by atoms with E-state index >= 15 is 0 Å². The molecule has 0 radical (unpaired) electrons. The molecule has 0 fully saturated rings. The maximum absolute atomic E-state index is 5.14. The van der Waals surface area contributed by atoms with Crippen LogP contribution in [0.4, 0.5) is 0 Å². The van der Waals surface area contributed by atoms with E-state index in [0.29, 0.717) is 0 Å². The zero-order chi connectivity index (χ0) is 33.0. The highest BCUT2D eigenvalue weighted by atomic mass is 15.3. The third-order valence-electron chi connectivity index (χ3n) is 10.1. The molecule has 6 nitrogen and oxygen atoms in total. The minimum atomic E-state index is -0.176. The van der Waals surface area contributed by atoms with Gasteiger partial charge in [-0.15, -0.1) is 0 Å². The van der Waals surface area contributed by atoms with Gasteiger partial charge in [0.1, 0.15) is 24.0 Å². The molecule has 0 bridgehead atoms. The predicted octanol–water partition coefficient (Wildman–Crippen LogP) is 9.84. The number of benzene rings is 5. The lowest BCUT2D eigenvalue weighted by Crippen LogP contribution is -2.45. The fraction of sp³-hybridized carbons (Fsp3) is 0.0909. The third-order valence-corrected chi connectivity index (χ3v) is 10.1. The summed E-state index contributed by atoms with van der Waals surface area (Å²) in [6.07, 6.45) is 10.4. The molecule has 6 heteroatoms. The number of rotatable bonds is 5. The number of fused-ring (bicyclic) bond motifs is 6. The molecule has 2 unspecified atom stereocenters. The van der Waals surface area contributed by atoms with Gasteiger partial charge in [-0.2, -0.15) is 0 Å². The molecule has 2 atom stereocenters. The Balaban J connectivity index is 1.10. The van der Waals surface area contributed by atoms with Gasteiger partial charge in [-0.05, 0) is 60.9 Å².